The fraction of sp³-hybridized carbons (Fsp3) is 0.310. The Labute approximate surface area is 206 Å². The lowest BCUT2D eigenvalue weighted by molar-refractivity contribution is -0.120. The van der Waals surface area contributed by atoms with Crippen molar-refractivity contribution in [3.8, 4) is 11.5 Å². The largest absolute Gasteiger partial charge is 0.497 e. The number of nitrogens with zero attached hydrogens (tertiary/aromatic N) is 2. The number of hydrogen-bond donors (Lipinski definition) is 1. The zero-order valence-electron chi connectivity index (χ0n) is 20.5. The minimum absolute atomic E-state index is 0.00567. The first-order valence-electron chi connectivity index (χ1n) is 12.2. The van der Waals surface area contributed by atoms with Crippen LogP contribution >= 0.6 is 0 Å². The van der Waals surface area contributed by atoms with Crippen molar-refractivity contribution >= 4 is 16.9 Å². The van der Waals surface area contributed by atoms with Crippen LogP contribution in [0.15, 0.2) is 72.8 Å². The normalized spacial score (nSPS) is 10.9. The van der Waals surface area contributed by atoms with Crippen molar-refractivity contribution in [3.05, 3.63) is 89.7 Å². The van der Waals surface area contributed by atoms with Crippen LogP contribution < -0.4 is 14.8 Å². The number of hydrogen-bond acceptors (Lipinski definition) is 4. The number of aromatic nitrogens is 2. The molecule has 182 valence electrons. The van der Waals surface area contributed by atoms with Gasteiger partial charge < -0.3 is 19.4 Å². The summed E-state index contributed by atoms with van der Waals surface area (Å²) in [7, 11) is 1.63. The minimum Gasteiger partial charge on any atom is -0.497 e. The number of unbranched alkanes of at least 4 members (excludes halogenated alkanes) is 1. The number of rotatable bonds is 12. The summed E-state index contributed by atoms with van der Waals surface area (Å²) in [5.41, 5.74) is 4.28. The number of nitrogens with one attached hydrogen (secondary N) is 1. The van der Waals surface area contributed by atoms with Crippen molar-refractivity contribution in [2.24, 2.45) is 0 Å². The van der Waals surface area contributed by atoms with E-state index in [9.17, 15) is 4.79 Å². The molecule has 0 spiro atoms. The number of carbonyl (C=O) groups is 1. The van der Waals surface area contributed by atoms with E-state index in [1.54, 1.807) is 7.11 Å². The molecule has 0 unspecified atom stereocenters. The number of ether oxygens (including phenoxy) is 2. The van der Waals surface area contributed by atoms with Gasteiger partial charge in [0.1, 0.15) is 17.3 Å². The highest BCUT2D eigenvalue weighted by Gasteiger charge is 2.11. The van der Waals surface area contributed by atoms with Crippen LogP contribution in [0.25, 0.3) is 11.0 Å². The zero-order valence-corrected chi connectivity index (χ0v) is 20.5. The quantitative estimate of drug-likeness (QED) is 0.292. The van der Waals surface area contributed by atoms with Gasteiger partial charge in [-0.2, -0.15) is 0 Å². The zero-order chi connectivity index (χ0) is 24.5. The van der Waals surface area contributed by atoms with Crippen LogP contribution in [0.5, 0.6) is 11.5 Å². The Hall–Kier alpha value is -3.80. The SMILES string of the molecule is COc1ccc(CC(=O)NCCc2nc3ccccc3n2CCCCOc2cccc(C)c2)cc1. The first-order chi connectivity index (χ1) is 17.1. The van der Waals surface area contributed by atoms with E-state index in [2.05, 4.69) is 35.0 Å². The number of para-hydroxylation sites is 2. The van der Waals surface area contributed by atoms with Crippen LogP contribution in [0, 0.1) is 6.92 Å². The predicted octanol–water partition coefficient (Wildman–Crippen LogP) is 5.11. The van der Waals surface area contributed by atoms with Gasteiger partial charge in [0.15, 0.2) is 0 Å². The molecule has 1 heterocycles. The highest BCUT2D eigenvalue weighted by Crippen LogP contribution is 2.18. The van der Waals surface area contributed by atoms with Gasteiger partial charge in [-0.25, -0.2) is 4.98 Å². The molecule has 0 saturated heterocycles. The monoisotopic (exact) mass is 471 g/mol. The Morgan fingerprint density at radius 3 is 2.60 bits per heavy atom. The number of aryl methyl sites for hydroxylation is 2. The van der Waals surface area contributed by atoms with Gasteiger partial charge in [0, 0.05) is 19.5 Å². The van der Waals surface area contributed by atoms with Gasteiger partial charge in [0.2, 0.25) is 5.91 Å². The van der Waals surface area contributed by atoms with Gasteiger partial charge in [0.05, 0.1) is 31.2 Å². The molecule has 0 aliphatic carbocycles. The Morgan fingerprint density at radius 1 is 0.971 bits per heavy atom. The van der Waals surface area contributed by atoms with Crippen molar-refractivity contribution in [2.45, 2.75) is 39.2 Å². The maximum Gasteiger partial charge on any atom is 0.224 e. The molecule has 0 fully saturated rings. The fourth-order valence-electron chi connectivity index (χ4n) is 4.14. The third kappa shape index (κ3) is 6.85. The second-order valence-electron chi connectivity index (χ2n) is 8.67. The van der Waals surface area contributed by atoms with Crippen LogP contribution in [-0.2, 0) is 24.2 Å². The second kappa shape index (κ2) is 12.1. The molecule has 1 aromatic heterocycles. The lowest BCUT2D eigenvalue weighted by atomic mass is 10.1. The molecule has 0 atom stereocenters. The van der Waals surface area contributed by atoms with E-state index in [1.165, 1.54) is 5.56 Å². The Balaban J connectivity index is 1.29. The number of carbonyl (C=O) groups excluding carboxylic acids is 1. The molecule has 4 aromatic rings. The third-order valence-electron chi connectivity index (χ3n) is 5.96. The summed E-state index contributed by atoms with van der Waals surface area (Å²) >= 11 is 0. The number of amides is 1. The molecule has 4 rings (SSSR count). The van der Waals surface area contributed by atoms with Crippen LogP contribution in [0.4, 0.5) is 0 Å². The number of fused-ring (bicyclic) bond motifs is 1. The van der Waals surface area contributed by atoms with Crippen molar-refractivity contribution in [3.63, 3.8) is 0 Å². The van der Waals surface area contributed by atoms with Crippen LogP contribution in [0.3, 0.4) is 0 Å². The summed E-state index contributed by atoms with van der Waals surface area (Å²) in [5, 5.41) is 3.04. The molecular formula is C29H33N3O3. The molecule has 3 aromatic carbocycles. The molecule has 0 radical (unpaired) electrons. The average Bonchev–Trinajstić information content (AvgIpc) is 3.21. The van der Waals surface area contributed by atoms with Crippen LogP contribution in [0.1, 0.15) is 29.8 Å². The van der Waals surface area contributed by atoms with Crippen molar-refractivity contribution < 1.29 is 14.3 Å². The smallest absolute Gasteiger partial charge is 0.224 e. The summed E-state index contributed by atoms with van der Waals surface area (Å²) in [6.45, 7) is 4.18. The minimum atomic E-state index is 0.00567. The maximum absolute atomic E-state index is 12.4. The molecule has 0 aliphatic heterocycles. The summed E-state index contributed by atoms with van der Waals surface area (Å²) in [4.78, 5) is 17.2. The molecule has 0 bridgehead atoms. The Morgan fingerprint density at radius 2 is 1.80 bits per heavy atom. The number of benzene rings is 3. The molecule has 35 heavy (non-hydrogen) atoms. The lowest BCUT2D eigenvalue weighted by Gasteiger charge is -2.11. The molecule has 0 saturated carbocycles. The fourth-order valence-corrected chi connectivity index (χ4v) is 4.14. The summed E-state index contributed by atoms with van der Waals surface area (Å²) in [5.74, 6) is 2.71. The highest BCUT2D eigenvalue weighted by atomic mass is 16.5. The van der Waals surface area contributed by atoms with E-state index >= 15 is 0 Å². The number of methoxy groups -OCH3 is 1. The van der Waals surface area contributed by atoms with Gasteiger partial charge in [-0.15, -0.1) is 0 Å². The lowest BCUT2D eigenvalue weighted by Crippen LogP contribution is -2.28. The van der Waals surface area contributed by atoms with E-state index in [4.69, 9.17) is 14.5 Å². The van der Waals surface area contributed by atoms with E-state index < -0.39 is 0 Å². The maximum atomic E-state index is 12.4. The topological polar surface area (TPSA) is 65.4 Å². The van der Waals surface area contributed by atoms with Crippen molar-refractivity contribution in [1.29, 1.82) is 0 Å². The Bertz CT molecular complexity index is 1250. The molecule has 1 N–H and O–H groups in total. The summed E-state index contributed by atoms with van der Waals surface area (Å²) in [6.07, 6.45) is 2.98. The second-order valence-corrected chi connectivity index (χ2v) is 8.67. The van der Waals surface area contributed by atoms with Gasteiger partial charge in [-0.1, -0.05) is 36.4 Å². The van der Waals surface area contributed by atoms with Gasteiger partial charge >= 0.3 is 0 Å². The van der Waals surface area contributed by atoms with E-state index in [-0.39, 0.29) is 5.91 Å². The molecule has 6 nitrogen and oxygen atoms in total. The first-order valence-corrected chi connectivity index (χ1v) is 12.2. The first kappa shape index (κ1) is 24.3. The Kier molecular flexibility index (Phi) is 8.39. The molecule has 1 amide bonds. The van der Waals surface area contributed by atoms with E-state index in [0.29, 0.717) is 26.0 Å². The summed E-state index contributed by atoms with van der Waals surface area (Å²) in [6, 6.07) is 23.9. The van der Waals surface area contributed by atoms with Crippen molar-refractivity contribution in [1.82, 2.24) is 14.9 Å². The third-order valence-corrected chi connectivity index (χ3v) is 5.96. The standard InChI is InChI=1S/C29H33N3O3/c1-22-8-7-9-25(20-22)35-19-6-5-18-32-27-11-4-3-10-26(27)31-28(32)16-17-30-29(33)21-23-12-14-24(34-2)15-13-23/h3-4,7-15,20H,5-6,16-19,21H2,1-2H3,(H,30,33). The number of imidazole rings is 1. The molecular weight excluding hydrogens is 438 g/mol. The summed E-state index contributed by atoms with van der Waals surface area (Å²) < 4.78 is 13.3. The van der Waals surface area contributed by atoms with E-state index in [1.807, 2.05) is 54.6 Å². The molecule has 0 aliphatic rings. The van der Waals surface area contributed by atoms with Crippen molar-refractivity contribution in [2.75, 3.05) is 20.3 Å². The van der Waals surface area contributed by atoms with Gasteiger partial charge in [-0.05, 0) is 67.3 Å². The van der Waals surface area contributed by atoms with Crippen LogP contribution in [-0.4, -0.2) is 35.7 Å². The van der Waals surface area contributed by atoms with E-state index in [0.717, 1.165) is 53.3 Å². The highest BCUT2D eigenvalue weighted by molar-refractivity contribution is 5.78. The predicted molar refractivity (Wildman–Crippen MR) is 139 cm³/mol. The van der Waals surface area contributed by atoms with Gasteiger partial charge in [0.25, 0.3) is 0 Å². The average molecular weight is 472 g/mol. The van der Waals surface area contributed by atoms with Crippen LogP contribution in [0.2, 0.25) is 0 Å². The van der Waals surface area contributed by atoms with Gasteiger partial charge in [-0.3, -0.25) is 4.79 Å². The molecule has 6 heteroatoms.